The molecule has 0 spiro atoms. The van der Waals surface area contributed by atoms with E-state index in [4.69, 9.17) is 0 Å². The monoisotopic (exact) mass is 538 g/mol. The van der Waals surface area contributed by atoms with Crippen LogP contribution in [0.5, 0.6) is 0 Å². The van der Waals surface area contributed by atoms with E-state index in [2.05, 4.69) is 38.8 Å². The summed E-state index contributed by atoms with van der Waals surface area (Å²) in [6.07, 6.45) is 14.1. The highest BCUT2D eigenvalue weighted by molar-refractivity contribution is 9.12. The van der Waals surface area contributed by atoms with Crippen LogP contribution < -0.4 is 0 Å². The molecular weight excluding hydrogens is 512 g/mol. The number of halogens is 2. The third kappa shape index (κ3) is 5.48. The van der Waals surface area contributed by atoms with Gasteiger partial charge in [-0.3, -0.25) is 9.59 Å². The summed E-state index contributed by atoms with van der Waals surface area (Å²) in [5.41, 5.74) is 3.24. The summed E-state index contributed by atoms with van der Waals surface area (Å²) in [5.74, 6) is -0.109. The second-order valence-corrected chi connectivity index (χ2v) is 11.5. The fourth-order valence-corrected chi connectivity index (χ4v) is 7.13. The first-order valence-electron chi connectivity index (χ1n) is 10.7. The maximum absolute atomic E-state index is 13.0. The molecule has 5 heteroatoms. The summed E-state index contributed by atoms with van der Waals surface area (Å²) in [7, 11) is 0. The van der Waals surface area contributed by atoms with Crippen molar-refractivity contribution in [3.8, 4) is 0 Å². The molecule has 0 unspecified atom stereocenters. The highest BCUT2D eigenvalue weighted by Gasteiger charge is 2.35. The lowest BCUT2D eigenvalue weighted by atomic mass is 9.85. The highest BCUT2D eigenvalue weighted by Crippen LogP contribution is 2.42. The predicted molar refractivity (Wildman–Crippen MR) is 129 cm³/mol. The molecule has 2 nitrogen and oxygen atoms in total. The molecular formula is C24H28Br2O2S. The maximum Gasteiger partial charge on any atom is 0.196 e. The molecule has 0 amide bonds. The van der Waals surface area contributed by atoms with Crippen LogP contribution in [0.25, 0.3) is 0 Å². The Labute approximate surface area is 194 Å². The third-order valence-corrected chi connectivity index (χ3v) is 8.20. The average Bonchev–Trinajstić information content (AvgIpc) is 3.01. The molecule has 0 radical (unpaired) electrons. The number of fused-ring (bicyclic) bond motifs is 2. The zero-order chi connectivity index (χ0) is 20.8. The number of aryl methyl sites for hydroxylation is 1. The molecule has 156 valence electrons. The third-order valence-electron chi connectivity index (χ3n) is 5.67. The van der Waals surface area contributed by atoms with E-state index >= 15 is 0 Å². The summed E-state index contributed by atoms with van der Waals surface area (Å²) in [6, 6.07) is 5.78. The molecule has 0 atom stereocenters. The summed E-state index contributed by atoms with van der Waals surface area (Å²) < 4.78 is 1.45. The standard InChI is InChI=1S/C24H28Br2O2S/c1-2-3-4-5-6-7-8-9-10-11-12-16-13-14-17-18(15-16)22(28)20-19(21(17)27)23(25)29-24(20)26/h13-15H,2-12H2,1H3. The highest BCUT2D eigenvalue weighted by atomic mass is 79.9. The van der Waals surface area contributed by atoms with E-state index in [9.17, 15) is 9.59 Å². The van der Waals surface area contributed by atoms with Crippen LogP contribution in [0.15, 0.2) is 25.8 Å². The van der Waals surface area contributed by atoms with Gasteiger partial charge in [0.15, 0.2) is 11.6 Å². The molecule has 1 aliphatic carbocycles. The molecule has 0 saturated heterocycles. The van der Waals surface area contributed by atoms with Gasteiger partial charge in [-0.25, -0.2) is 0 Å². The first-order valence-corrected chi connectivity index (χ1v) is 13.1. The molecule has 1 heterocycles. The van der Waals surface area contributed by atoms with Gasteiger partial charge in [0.25, 0.3) is 0 Å². The Kier molecular flexibility index (Phi) is 8.70. The van der Waals surface area contributed by atoms with Crippen molar-refractivity contribution in [3.05, 3.63) is 53.6 Å². The molecule has 0 bridgehead atoms. The minimum Gasteiger partial charge on any atom is -0.288 e. The van der Waals surface area contributed by atoms with Crippen molar-refractivity contribution < 1.29 is 9.59 Å². The normalized spacial score (nSPS) is 12.9. The van der Waals surface area contributed by atoms with Crippen molar-refractivity contribution in [1.29, 1.82) is 0 Å². The van der Waals surface area contributed by atoms with Crippen molar-refractivity contribution in [3.63, 3.8) is 0 Å². The molecule has 0 aliphatic heterocycles. The van der Waals surface area contributed by atoms with Crippen LogP contribution in [0.2, 0.25) is 0 Å². The second-order valence-electron chi connectivity index (χ2n) is 7.87. The average molecular weight is 540 g/mol. The van der Waals surface area contributed by atoms with Crippen LogP contribution in [-0.4, -0.2) is 11.6 Å². The van der Waals surface area contributed by atoms with Gasteiger partial charge in [0.2, 0.25) is 0 Å². The molecule has 1 aromatic heterocycles. The summed E-state index contributed by atoms with van der Waals surface area (Å²) in [4.78, 5) is 25.8. The largest absolute Gasteiger partial charge is 0.288 e. The lowest BCUT2D eigenvalue weighted by molar-refractivity contribution is 0.0979. The summed E-state index contributed by atoms with van der Waals surface area (Å²) in [5, 5.41) is 0. The zero-order valence-corrected chi connectivity index (χ0v) is 21.0. The number of hydrogen-bond acceptors (Lipinski definition) is 3. The van der Waals surface area contributed by atoms with E-state index < -0.39 is 0 Å². The number of unbranched alkanes of at least 4 members (excludes halogenated alkanes) is 9. The van der Waals surface area contributed by atoms with E-state index in [1.807, 2.05) is 18.2 Å². The van der Waals surface area contributed by atoms with E-state index in [0.717, 1.165) is 26.0 Å². The number of carbonyl (C=O) groups excluding carboxylic acids is 2. The quantitative estimate of drug-likeness (QED) is 0.229. The fraction of sp³-hybridized carbons (Fsp3) is 0.500. The predicted octanol–water partition coefficient (Wildman–Crippen LogP) is 8.51. The Bertz CT molecular complexity index is 885. The number of benzene rings is 1. The van der Waals surface area contributed by atoms with E-state index in [1.54, 1.807) is 0 Å². The van der Waals surface area contributed by atoms with Gasteiger partial charge in [-0.2, -0.15) is 0 Å². The van der Waals surface area contributed by atoms with Gasteiger partial charge in [0.1, 0.15) is 0 Å². The molecule has 29 heavy (non-hydrogen) atoms. The van der Waals surface area contributed by atoms with E-state index in [0.29, 0.717) is 22.3 Å². The number of carbonyl (C=O) groups is 2. The molecule has 3 rings (SSSR count). The molecule has 1 aliphatic rings. The lowest BCUT2D eigenvalue weighted by Gasteiger charge is -2.16. The van der Waals surface area contributed by atoms with Gasteiger partial charge in [-0.05, 0) is 56.3 Å². The van der Waals surface area contributed by atoms with Crippen molar-refractivity contribution in [2.45, 2.75) is 77.6 Å². The molecule has 2 aromatic rings. The number of rotatable bonds is 11. The Morgan fingerprint density at radius 1 is 0.724 bits per heavy atom. The van der Waals surface area contributed by atoms with Crippen LogP contribution in [0.4, 0.5) is 0 Å². The maximum atomic E-state index is 13.0. The van der Waals surface area contributed by atoms with Gasteiger partial charge >= 0.3 is 0 Å². The summed E-state index contributed by atoms with van der Waals surface area (Å²) in [6.45, 7) is 2.26. The van der Waals surface area contributed by atoms with E-state index in [-0.39, 0.29) is 11.6 Å². The number of hydrogen-bond donors (Lipinski definition) is 0. The van der Waals surface area contributed by atoms with Crippen LogP contribution in [0.1, 0.15) is 109 Å². The van der Waals surface area contributed by atoms with Crippen LogP contribution in [0.3, 0.4) is 0 Å². The Hall–Kier alpha value is -0.780. The van der Waals surface area contributed by atoms with Crippen LogP contribution in [-0.2, 0) is 6.42 Å². The smallest absolute Gasteiger partial charge is 0.196 e. The molecule has 0 fully saturated rings. The van der Waals surface area contributed by atoms with Crippen molar-refractivity contribution in [2.24, 2.45) is 0 Å². The molecule has 1 aromatic carbocycles. The fourth-order valence-electron chi connectivity index (χ4n) is 4.00. The minimum atomic E-state index is -0.0612. The molecule has 0 saturated carbocycles. The topological polar surface area (TPSA) is 34.1 Å². The Morgan fingerprint density at radius 2 is 1.24 bits per heavy atom. The second kappa shape index (κ2) is 11.0. The first-order chi connectivity index (χ1) is 14.0. The SMILES string of the molecule is CCCCCCCCCCCCc1ccc2c(c1)C(=O)c1c(Br)sc(Br)c1C2=O. The van der Waals surface area contributed by atoms with Gasteiger partial charge < -0.3 is 0 Å². The Balaban J connectivity index is 1.50. The van der Waals surface area contributed by atoms with Crippen LogP contribution >= 0.6 is 43.2 Å². The van der Waals surface area contributed by atoms with Gasteiger partial charge in [0.05, 0.1) is 18.7 Å². The number of ketones is 2. The zero-order valence-electron chi connectivity index (χ0n) is 17.0. The number of thiophene rings is 1. The lowest BCUT2D eigenvalue weighted by Crippen LogP contribution is -2.20. The van der Waals surface area contributed by atoms with Gasteiger partial charge in [-0.15, -0.1) is 11.3 Å². The first kappa shape index (κ1) is 22.9. The molecule has 0 N–H and O–H groups in total. The minimum absolute atomic E-state index is 0.0478. The van der Waals surface area contributed by atoms with Crippen molar-refractivity contribution in [2.75, 3.05) is 0 Å². The van der Waals surface area contributed by atoms with Crippen LogP contribution in [0, 0.1) is 0 Å². The van der Waals surface area contributed by atoms with Crippen molar-refractivity contribution in [1.82, 2.24) is 0 Å². The van der Waals surface area contributed by atoms with Gasteiger partial charge in [0, 0.05) is 11.1 Å². The van der Waals surface area contributed by atoms with Crippen molar-refractivity contribution >= 4 is 54.8 Å². The Morgan fingerprint density at radius 3 is 1.83 bits per heavy atom. The van der Waals surface area contributed by atoms with E-state index in [1.165, 1.54) is 69.1 Å². The summed E-state index contributed by atoms with van der Waals surface area (Å²) >= 11 is 8.26. The van der Waals surface area contributed by atoms with Gasteiger partial charge in [-0.1, -0.05) is 76.8 Å².